The van der Waals surface area contributed by atoms with E-state index < -0.39 is 5.79 Å². The molecule has 3 aromatic carbocycles. The maximum atomic E-state index is 6.55. The minimum absolute atomic E-state index is 0.0339. The molecule has 0 radical (unpaired) electrons. The number of rotatable bonds is 8. The Bertz CT molecular complexity index is 1170. The van der Waals surface area contributed by atoms with Gasteiger partial charge in [-0.25, -0.2) is 4.98 Å². The molecule has 6 heteroatoms. The molecular weight excluding hydrogens is 440 g/mol. The van der Waals surface area contributed by atoms with Crippen molar-refractivity contribution in [1.82, 2.24) is 9.97 Å². The molecule has 1 aromatic heterocycles. The van der Waals surface area contributed by atoms with E-state index in [-0.39, 0.29) is 6.10 Å². The molecule has 1 saturated heterocycles. The van der Waals surface area contributed by atoms with Crippen molar-refractivity contribution in [1.29, 1.82) is 0 Å². The zero-order valence-electron chi connectivity index (χ0n) is 17.7. The van der Waals surface area contributed by atoms with Gasteiger partial charge in [0.05, 0.1) is 19.1 Å². The van der Waals surface area contributed by atoms with E-state index in [4.69, 9.17) is 21.1 Å². The van der Waals surface area contributed by atoms with Gasteiger partial charge in [-0.3, -0.25) is 0 Å². The highest BCUT2D eigenvalue weighted by Crippen LogP contribution is 2.34. The molecule has 0 amide bonds. The Morgan fingerprint density at radius 1 is 1.06 bits per heavy atom. The fraction of sp³-hybridized carbons (Fsp3) is 0.269. The topological polar surface area (TPSA) is 47.1 Å². The number of nitrogens with zero attached hydrogens (tertiary/aromatic N) is 1. The highest BCUT2D eigenvalue weighted by Gasteiger charge is 2.42. The Balaban J connectivity index is 1.25. The third-order valence-corrected chi connectivity index (χ3v) is 7.15. The maximum absolute atomic E-state index is 6.55. The first-order valence-corrected chi connectivity index (χ1v) is 12.2. The average Bonchev–Trinajstić information content (AvgIpc) is 3.48. The summed E-state index contributed by atoms with van der Waals surface area (Å²) in [6.07, 6.45) is 5.85. The summed E-state index contributed by atoms with van der Waals surface area (Å²) in [5, 5.41) is 3.27. The van der Waals surface area contributed by atoms with Gasteiger partial charge in [0, 0.05) is 34.5 Å². The van der Waals surface area contributed by atoms with Gasteiger partial charge in [-0.2, -0.15) is 0 Å². The Kier molecular flexibility index (Phi) is 6.51. The monoisotopic (exact) mass is 464 g/mol. The second-order valence-electron chi connectivity index (χ2n) is 8.12. The van der Waals surface area contributed by atoms with Gasteiger partial charge in [-0.1, -0.05) is 54.1 Å². The SMILES string of the molecule is Clc1ccc(CCC2(Cc3ncc[nH]3)OCC(CSc3ccc4ccccc4c3)O2)cc1. The Morgan fingerprint density at radius 3 is 2.72 bits per heavy atom. The van der Waals surface area contributed by atoms with Crippen molar-refractivity contribution in [3.05, 3.63) is 95.5 Å². The summed E-state index contributed by atoms with van der Waals surface area (Å²) in [6.45, 7) is 0.585. The van der Waals surface area contributed by atoms with Crippen LogP contribution in [0.4, 0.5) is 0 Å². The van der Waals surface area contributed by atoms with E-state index in [1.165, 1.54) is 21.2 Å². The van der Waals surface area contributed by atoms with Crippen LogP contribution < -0.4 is 0 Å². The molecule has 0 saturated carbocycles. The minimum Gasteiger partial charge on any atom is -0.348 e. The number of aromatic amines is 1. The van der Waals surface area contributed by atoms with Crippen molar-refractivity contribution in [3.63, 3.8) is 0 Å². The summed E-state index contributed by atoms with van der Waals surface area (Å²) in [5.74, 6) is 1.05. The lowest BCUT2D eigenvalue weighted by Gasteiger charge is -2.27. The van der Waals surface area contributed by atoms with Crippen LogP contribution in [-0.2, 0) is 22.3 Å². The number of hydrogen-bond acceptors (Lipinski definition) is 4. The molecule has 5 rings (SSSR count). The highest BCUT2D eigenvalue weighted by molar-refractivity contribution is 7.99. The first kappa shape index (κ1) is 21.5. The second kappa shape index (κ2) is 9.67. The van der Waals surface area contributed by atoms with Crippen molar-refractivity contribution < 1.29 is 9.47 Å². The number of thioether (sulfide) groups is 1. The third-order valence-electron chi connectivity index (χ3n) is 5.77. The van der Waals surface area contributed by atoms with Crippen molar-refractivity contribution in [2.45, 2.75) is 36.0 Å². The van der Waals surface area contributed by atoms with Crippen molar-refractivity contribution in [3.8, 4) is 0 Å². The first-order chi connectivity index (χ1) is 15.7. The molecule has 2 unspecified atom stereocenters. The number of ether oxygens (including phenoxy) is 2. The van der Waals surface area contributed by atoms with Crippen LogP contribution in [0.25, 0.3) is 10.8 Å². The van der Waals surface area contributed by atoms with Gasteiger partial charge < -0.3 is 14.5 Å². The molecule has 1 aliphatic heterocycles. The van der Waals surface area contributed by atoms with Crippen molar-refractivity contribution >= 4 is 34.1 Å². The predicted octanol–water partition coefficient (Wildman–Crippen LogP) is 6.30. The number of hydrogen-bond donors (Lipinski definition) is 1. The van der Waals surface area contributed by atoms with Crippen LogP contribution in [-0.4, -0.2) is 34.2 Å². The van der Waals surface area contributed by atoms with E-state index in [1.54, 1.807) is 6.20 Å². The zero-order chi connectivity index (χ0) is 21.8. The van der Waals surface area contributed by atoms with E-state index in [0.717, 1.165) is 29.4 Å². The lowest BCUT2D eigenvalue weighted by molar-refractivity contribution is -0.170. The van der Waals surface area contributed by atoms with Gasteiger partial charge in [0.1, 0.15) is 5.82 Å². The summed E-state index contributed by atoms with van der Waals surface area (Å²) < 4.78 is 12.9. The van der Waals surface area contributed by atoms with Gasteiger partial charge in [0.15, 0.2) is 5.79 Å². The molecule has 164 valence electrons. The molecule has 4 aromatic rings. The first-order valence-electron chi connectivity index (χ1n) is 10.8. The summed E-state index contributed by atoms with van der Waals surface area (Å²) in [7, 11) is 0. The number of nitrogens with one attached hydrogen (secondary N) is 1. The number of aryl methyl sites for hydroxylation is 1. The smallest absolute Gasteiger partial charge is 0.176 e. The summed E-state index contributed by atoms with van der Waals surface area (Å²) in [4.78, 5) is 8.84. The van der Waals surface area contributed by atoms with Gasteiger partial charge >= 0.3 is 0 Å². The number of H-pyrrole nitrogens is 1. The normalized spacial score (nSPS) is 20.7. The van der Waals surface area contributed by atoms with E-state index >= 15 is 0 Å². The Labute approximate surface area is 197 Å². The molecule has 1 N–H and O–H groups in total. The van der Waals surface area contributed by atoms with Gasteiger partial charge in [-0.15, -0.1) is 11.8 Å². The molecule has 0 spiro atoms. The van der Waals surface area contributed by atoms with Crippen molar-refractivity contribution in [2.24, 2.45) is 0 Å². The number of imidazole rings is 1. The standard InChI is InChI=1S/C26H25ClN2O2S/c27-22-8-5-19(6-9-22)11-12-26(16-25-28-13-14-29-25)30-17-23(31-26)18-32-24-10-7-20-3-1-2-4-21(20)15-24/h1-10,13-15,23H,11-12,16-18H2,(H,28,29). The zero-order valence-corrected chi connectivity index (χ0v) is 19.2. The Hall–Kier alpha value is -2.31. The number of benzene rings is 3. The van der Waals surface area contributed by atoms with Crippen LogP contribution in [0.15, 0.2) is 84.0 Å². The minimum atomic E-state index is -0.675. The van der Waals surface area contributed by atoms with Gasteiger partial charge in [0.25, 0.3) is 0 Å². The van der Waals surface area contributed by atoms with E-state index in [1.807, 2.05) is 30.1 Å². The van der Waals surface area contributed by atoms with Crippen LogP contribution in [0, 0.1) is 0 Å². The van der Waals surface area contributed by atoms with Crippen LogP contribution in [0.2, 0.25) is 5.02 Å². The second-order valence-corrected chi connectivity index (χ2v) is 9.65. The maximum Gasteiger partial charge on any atom is 0.176 e. The quantitative estimate of drug-likeness (QED) is 0.311. The number of aromatic nitrogens is 2. The molecular formula is C26H25ClN2O2S. The molecule has 0 aliphatic carbocycles. The predicted molar refractivity (Wildman–Crippen MR) is 130 cm³/mol. The van der Waals surface area contributed by atoms with Crippen LogP contribution >= 0.6 is 23.4 Å². The fourth-order valence-corrected chi connectivity index (χ4v) is 5.14. The molecule has 0 bridgehead atoms. The fourth-order valence-electron chi connectivity index (χ4n) is 4.09. The van der Waals surface area contributed by atoms with Crippen LogP contribution in [0.5, 0.6) is 0 Å². The average molecular weight is 465 g/mol. The van der Waals surface area contributed by atoms with E-state index in [0.29, 0.717) is 13.0 Å². The highest BCUT2D eigenvalue weighted by atomic mass is 35.5. The van der Waals surface area contributed by atoms with E-state index in [2.05, 4.69) is 64.6 Å². The largest absolute Gasteiger partial charge is 0.348 e. The molecule has 1 aliphatic rings. The van der Waals surface area contributed by atoms with Crippen molar-refractivity contribution in [2.75, 3.05) is 12.4 Å². The molecule has 4 nitrogen and oxygen atoms in total. The summed E-state index contributed by atoms with van der Waals surface area (Å²) in [6, 6.07) is 23.0. The summed E-state index contributed by atoms with van der Waals surface area (Å²) in [5.41, 5.74) is 1.22. The van der Waals surface area contributed by atoms with Gasteiger partial charge in [0.2, 0.25) is 0 Å². The number of halogens is 1. The summed E-state index contributed by atoms with van der Waals surface area (Å²) >= 11 is 7.85. The van der Waals surface area contributed by atoms with Gasteiger partial charge in [-0.05, 0) is 47.0 Å². The van der Waals surface area contributed by atoms with E-state index in [9.17, 15) is 0 Å². The number of fused-ring (bicyclic) bond motifs is 1. The molecule has 32 heavy (non-hydrogen) atoms. The lowest BCUT2D eigenvalue weighted by atomic mass is 10.0. The van der Waals surface area contributed by atoms with Crippen LogP contribution in [0.1, 0.15) is 17.8 Å². The molecule has 2 atom stereocenters. The lowest BCUT2D eigenvalue weighted by Crippen LogP contribution is -2.35. The van der Waals surface area contributed by atoms with Crippen LogP contribution in [0.3, 0.4) is 0 Å². The Morgan fingerprint density at radius 2 is 1.91 bits per heavy atom. The third kappa shape index (κ3) is 5.18. The molecule has 1 fully saturated rings. The molecule has 2 heterocycles.